The second kappa shape index (κ2) is 7.78. The van der Waals surface area contributed by atoms with Gasteiger partial charge in [-0.1, -0.05) is 18.5 Å². The van der Waals surface area contributed by atoms with Gasteiger partial charge in [-0.05, 0) is 30.7 Å². The van der Waals surface area contributed by atoms with Crippen molar-refractivity contribution in [1.29, 1.82) is 0 Å². The molecule has 2 rings (SSSR count). The van der Waals surface area contributed by atoms with Crippen molar-refractivity contribution in [3.05, 3.63) is 41.4 Å². The fourth-order valence-corrected chi connectivity index (χ4v) is 2.12. The van der Waals surface area contributed by atoms with Crippen LogP contribution in [0.2, 0.25) is 5.02 Å². The zero-order valence-corrected chi connectivity index (χ0v) is 13.3. The minimum Gasteiger partial charge on any atom is -0.480 e. The lowest BCUT2D eigenvalue weighted by Crippen LogP contribution is -2.40. The smallest absolute Gasteiger partial charge is 0.326 e. The molecule has 0 fully saturated rings. The molecule has 2 N–H and O–H groups in total. The first-order chi connectivity index (χ1) is 11.0. The first-order valence-electron chi connectivity index (χ1n) is 7.22. The minimum absolute atomic E-state index is 0.115. The number of aromatic nitrogens is 1. The molecule has 1 aromatic carbocycles. The van der Waals surface area contributed by atoms with Crippen LogP contribution in [-0.4, -0.2) is 28.0 Å². The Labute approximate surface area is 138 Å². The molecule has 2 aromatic rings. The van der Waals surface area contributed by atoms with Gasteiger partial charge in [-0.15, -0.1) is 0 Å². The standard InChI is InChI=1S/C16H17ClN2O4/c1-2-12(16(21)22)19-14(20)7-8-15-18-9-13(23-15)10-3-5-11(17)6-4-10/h3-6,9,12H,2,7-8H2,1H3,(H,19,20)(H,21,22). The van der Waals surface area contributed by atoms with E-state index in [0.29, 0.717) is 29.5 Å². The lowest BCUT2D eigenvalue weighted by atomic mass is 10.2. The summed E-state index contributed by atoms with van der Waals surface area (Å²) in [5.74, 6) is -0.366. The van der Waals surface area contributed by atoms with Crippen molar-refractivity contribution in [3.63, 3.8) is 0 Å². The maximum absolute atomic E-state index is 11.7. The highest BCUT2D eigenvalue weighted by atomic mass is 35.5. The average molecular weight is 337 g/mol. The van der Waals surface area contributed by atoms with Gasteiger partial charge in [0.1, 0.15) is 6.04 Å². The Balaban J connectivity index is 1.91. The number of oxazole rings is 1. The Kier molecular flexibility index (Phi) is 5.76. The van der Waals surface area contributed by atoms with E-state index in [2.05, 4.69) is 10.3 Å². The Morgan fingerprint density at radius 2 is 2.04 bits per heavy atom. The Bertz CT molecular complexity index is 682. The van der Waals surface area contributed by atoms with Crippen molar-refractivity contribution >= 4 is 23.5 Å². The Hall–Kier alpha value is -2.34. The molecule has 0 radical (unpaired) electrons. The van der Waals surface area contributed by atoms with Crippen molar-refractivity contribution in [1.82, 2.24) is 10.3 Å². The van der Waals surface area contributed by atoms with Gasteiger partial charge in [0.15, 0.2) is 11.7 Å². The molecule has 23 heavy (non-hydrogen) atoms. The number of hydrogen-bond donors (Lipinski definition) is 2. The van der Waals surface area contributed by atoms with E-state index in [9.17, 15) is 9.59 Å². The molecule has 0 saturated carbocycles. The van der Waals surface area contributed by atoms with Crippen molar-refractivity contribution in [2.45, 2.75) is 32.2 Å². The second-order valence-corrected chi connectivity index (χ2v) is 5.43. The molecular weight excluding hydrogens is 320 g/mol. The number of nitrogens with one attached hydrogen (secondary N) is 1. The Morgan fingerprint density at radius 1 is 1.35 bits per heavy atom. The van der Waals surface area contributed by atoms with E-state index in [1.807, 2.05) is 12.1 Å². The summed E-state index contributed by atoms with van der Waals surface area (Å²) in [6, 6.07) is 6.28. The third-order valence-corrected chi connectivity index (χ3v) is 3.54. The van der Waals surface area contributed by atoms with Crippen LogP contribution in [0.5, 0.6) is 0 Å². The van der Waals surface area contributed by atoms with Crippen LogP contribution >= 0.6 is 11.6 Å². The van der Waals surface area contributed by atoms with Gasteiger partial charge in [0.05, 0.1) is 6.20 Å². The lowest BCUT2D eigenvalue weighted by Gasteiger charge is -2.11. The third kappa shape index (κ3) is 4.82. The summed E-state index contributed by atoms with van der Waals surface area (Å²) in [7, 11) is 0. The van der Waals surface area contributed by atoms with E-state index in [0.717, 1.165) is 5.56 Å². The highest BCUT2D eigenvalue weighted by Gasteiger charge is 2.17. The lowest BCUT2D eigenvalue weighted by molar-refractivity contribution is -0.141. The quantitative estimate of drug-likeness (QED) is 0.811. The minimum atomic E-state index is -1.04. The van der Waals surface area contributed by atoms with E-state index in [1.54, 1.807) is 25.3 Å². The van der Waals surface area contributed by atoms with Crippen LogP contribution in [0.4, 0.5) is 0 Å². The van der Waals surface area contributed by atoms with E-state index in [1.165, 1.54) is 0 Å². The molecular formula is C16H17ClN2O4. The highest BCUT2D eigenvalue weighted by Crippen LogP contribution is 2.22. The molecule has 0 aliphatic rings. The van der Waals surface area contributed by atoms with Gasteiger partial charge in [-0.25, -0.2) is 9.78 Å². The summed E-state index contributed by atoms with van der Waals surface area (Å²) in [6.45, 7) is 1.70. The number of carbonyl (C=O) groups is 2. The molecule has 0 aliphatic carbocycles. The van der Waals surface area contributed by atoms with Crippen LogP contribution in [-0.2, 0) is 16.0 Å². The second-order valence-electron chi connectivity index (χ2n) is 4.99. The molecule has 0 spiro atoms. The van der Waals surface area contributed by atoms with Crippen LogP contribution in [0.25, 0.3) is 11.3 Å². The van der Waals surface area contributed by atoms with Crippen molar-refractivity contribution in [2.24, 2.45) is 0 Å². The van der Waals surface area contributed by atoms with Crippen LogP contribution in [0.1, 0.15) is 25.7 Å². The maximum atomic E-state index is 11.7. The summed E-state index contributed by atoms with van der Waals surface area (Å²) in [6.07, 6.45) is 2.34. The molecule has 1 atom stereocenters. The first kappa shape index (κ1) is 17.0. The molecule has 1 aromatic heterocycles. The van der Waals surface area contributed by atoms with Crippen molar-refractivity contribution < 1.29 is 19.1 Å². The van der Waals surface area contributed by atoms with Gasteiger partial charge in [-0.2, -0.15) is 0 Å². The molecule has 0 saturated heterocycles. The molecule has 1 unspecified atom stereocenters. The maximum Gasteiger partial charge on any atom is 0.326 e. The largest absolute Gasteiger partial charge is 0.480 e. The van der Waals surface area contributed by atoms with Crippen LogP contribution in [0.3, 0.4) is 0 Å². The SMILES string of the molecule is CCC(NC(=O)CCc1ncc(-c2ccc(Cl)cc2)o1)C(=O)O. The van der Waals surface area contributed by atoms with Crippen LogP contribution in [0, 0.1) is 0 Å². The van der Waals surface area contributed by atoms with E-state index in [-0.39, 0.29) is 12.3 Å². The summed E-state index contributed by atoms with van der Waals surface area (Å²) in [4.78, 5) is 26.7. The summed E-state index contributed by atoms with van der Waals surface area (Å²) in [5.41, 5.74) is 0.842. The van der Waals surface area contributed by atoms with Crippen molar-refractivity contribution in [2.75, 3.05) is 0 Å². The van der Waals surface area contributed by atoms with Crippen molar-refractivity contribution in [3.8, 4) is 11.3 Å². The molecule has 1 amide bonds. The number of halogens is 1. The van der Waals surface area contributed by atoms with Gasteiger partial charge in [0.2, 0.25) is 5.91 Å². The molecule has 6 nitrogen and oxygen atoms in total. The predicted molar refractivity (Wildman–Crippen MR) is 85.1 cm³/mol. The summed E-state index contributed by atoms with van der Waals surface area (Å²) >= 11 is 5.83. The van der Waals surface area contributed by atoms with E-state index >= 15 is 0 Å². The number of carboxylic acids is 1. The fourth-order valence-electron chi connectivity index (χ4n) is 2.00. The summed E-state index contributed by atoms with van der Waals surface area (Å²) in [5, 5.41) is 12.0. The number of aliphatic carboxylic acids is 1. The van der Waals surface area contributed by atoms with Gasteiger partial charge in [-0.3, -0.25) is 4.79 Å². The number of carboxylic acid groups (broad SMARTS) is 1. The Morgan fingerprint density at radius 3 is 2.65 bits per heavy atom. The van der Waals surface area contributed by atoms with Gasteiger partial charge >= 0.3 is 5.97 Å². The highest BCUT2D eigenvalue weighted by molar-refractivity contribution is 6.30. The number of amides is 1. The first-order valence-corrected chi connectivity index (χ1v) is 7.60. The number of nitrogens with zero attached hydrogens (tertiary/aromatic N) is 1. The summed E-state index contributed by atoms with van der Waals surface area (Å²) < 4.78 is 5.59. The van der Waals surface area contributed by atoms with Gasteiger partial charge in [0, 0.05) is 23.4 Å². The number of hydrogen-bond acceptors (Lipinski definition) is 4. The normalized spacial score (nSPS) is 11.9. The zero-order chi connectivity index (χ0) is 16.8. The van der Waals surface area contributed by atoms with E-state index in [4.69, 9.17) is 21.1 Å². The molecule has 122 valence electrons. The number of carbonyl (C=O) groups excluding carboxylic acids is 1. The predicted octanol–water partition coefficient (Wildman–Crippen LogP) is 2.91. The van der Waals surface area contributed by atoms with Gasteiger partial charge in [0.25, 0.3) is 0 Å². The number of aryl methyl sites for hydroxylation is 1. The van der Waals surface area contributed by atoms with Crippen LogP contribution < -0.4 is 5.32 Å². The number of rotatable bonds is 7. The number of benzene rings is 1. The fraction of sp³-hybridized carbons (Fsp3) is 0.312. The third-order valence-electron chi connectivity index (χ3n) is 3.29. The monoisotopic (exact) mass is 336 g/mol. The molecule has 7 heteroatoms. The topological polar surface area (TPSA) is 92.4 Å². The zero-order valence-electron chi connectivity index (χ0n) is 12.6. The molecule has 1 heterocycles. The van der Waals surface area contributed by atoms with E-state index < -0.39 is 12.0 Å². The molecule has 0 bridgehead atoms. The van der Waals surface area contributed by atoms with Gasteiger partial charge < -0.3 is 14.8 Å². The average Bonchev–Trinajstić information content (AvgIpc) is 3.00. The molecule has 0 aliphatic heterocycles. The van der Waals surface area contributed by atoms with Crippen LogP contribution in [0.15, 0.2) is 34.9 Å².